The van der Waals surface area contributed by atoms with Crippen LogP contribution in [0.4, 0.5) is 5.69 Å². The van der Waals surface area contributed by atoms with Crippen molar-refractivity contribution in [2.24, 2.45) is 5.14 Å². The lowest BCUT2D eigenvalue weighted by molar-refractivity contribution is 0.102. The third kappa shape index (κ3) is 4.09. The van der Waals surface area contributed by atoms with Gasteiger partial charge in [0.05, 0.1) is 36.3 Å². The Morgan fingerprint density at radius 3 is 2.08 bits per heavy atom. The van der Waals surface area contributed by atoms with Crippen LogP contribution in [0.25, 0.3) is 0 Å². The highest BCUT2D eigenvalue weighted by Gasteiger charge is 2.23. The number of methoxy groups -OCH3 is 3. The standard InChI is InChI=1S/C16H17BrN2O6S/c1-23-12-8-11(13(17)15(25-3)14(12)24-2)16(20)19-9-4-6-10(7-5-9)26(18,21)22/h4-8H,1-3H3,(H,19,20)(H2,18,21,22). The second-order valence-electron chi connectivity index (χ2n) is 5.03. The molecule has 1 amide bonds. The van der Waals surface area contributed by atoms with Gasteiger partial charge in [-0.25, -0.2) is 13.6 Å². The molecular formula is C16H17BrN2O6S. The van der Waals surface area contributed by atoms with Gasteiger partial charge >= 0.3 is 0 Å². The Morgan fingerprint density at radius 1 is 1.04 bits per heavy atom. The number of sulfonamides is 1. The summed E-state index contributed by atoms with van der Waals surface area (Å²) in [6, 6.07) is 6.97. The number of carbonyl (C=O) groups excluding carboxylic acids is 1. The minimum absolute atomic E-state index is 0.0514. The maximum Gasteiger partial charge on any atom is 0.257 e. The molecule has 0 saturated heterocycles. The molecule has 8 nitrogen and oxygen atoms in total. The van der Waals surface area contributed by atoms with E-state index in [1.807, 2.05) is 0 Å². The van der Waals surface area contributed by atoms with Gasteiger partial charge in [0, 0.05) is 5.69 Å². The molecule has 0 aliphatic rings. The summed E-state index contributed by atoms with van der Waals surface area (Å²) >= 11 is 3.33. The van der Waals surface area contributed by atoms with Crippen LogP contribution in [0.3, 0.4) is 0 Å². The zero-order chi connectivity index (χ0) is 19.5. The van der Waals surface area contributed by atoms with Gasteiger partial charge in [0.25, 0.3) is 5.91 Å². The SMILES string of the molecule is COc1cc(C(=O)Nc2ccc(S(N)(=O)=O)cc2)c(Br)c(OC)c1OC. The van der Waals surface area contributed by atoms with E-state index < -0.39 is 15.9 Å². The molecule has 0 saturated carbocycles. The summed E-state index contributed by atoms with van der Waals surface area (Å²) < 4.78 is 38.7. The Kier molecular flexibility index (Phi) is 6.11. The van der Waals surface area contributed by atoms with Crippen molar-refractivity contribution in [2.45, 2.75) is 4.90 Å². The summed E-state index contributed by atoms with van der Waals surface area (Å²) in [6.07, 6.45) is 0. The van der Waals surface area contributed by atoms with Crippen molar-refractivity contribution in [3.63, 3.8) is 0 Å². The van der Waals surface area contributed by atoms with Gasteiger partial charge in [-0.2, -0.15) is 0 Å². The van der Waals surface area contributed by atoms with Crippen molar-refractivity contribution >= 4 is 37.5 Å². The molecule has 26 heavy (non-hydrogen) atoms. The number of ether oxygens (including phenoxy) is 3. The largest absolute Gasteiger partial charge is 0.493 e. The van der Waals surface area contributed by atoms with E-state index in [9.17, 15) is 13.2 Å². The van der Waals surface area contributed by atoms with Crippen LogP contribution in [0.5, 0.6) is 17.2 Å². The minimum atomic E-state index is -3.80. The number of rotatable bonds is 6. The van der Waals surface area contributed by atoms with Gasteiger partial charge in [-0.1, -0.05) is 0 Å². The second kappa shape index (κ2) is 7.94. The van der Waals surface area contributed by atoms with E-state index in [1.165, 1.54) is 51.7 Å². The molecule has 2 aromatic carbocycles. The maximum absolute atomic E-state index is 12.6. The van der Waals surface area contributed by atoms with Gasteiger partial charge in [0.15, 0.2) is 11.5 Å². The van der Waals surface area contributed by atoms with Gasteiger partial charge in [-0.05, 0) is 46.3 Å². The van der Waals surface area contributed by atoms with E-state index in [4.69, 9.17) is 19.3 Å². The van der Waals surface area contributed by atoms with Crippen molar-refractivity contribution < 1.29 is 27.4 Å². The number of halogens is 1. The zero-order valence-corrected chi connectivity index (χ0v) is 16.6. The molecule has 10 heteroatoms. The van der Waals surface area contributed by atoms with Crippen LogP contribution < -0.4 is 24.7 Å². The van der Waals surface area contributed by atoms with Crippen molar-refractivity contribution in [1.82, 2.24) is 0 Å². The summed E-state index contributed by atoms with van der Waals surface area (Å²) in [5, 5.41) is 7.71. The predicted molar refractivity (Wildman–Crippen MR) is 99.6 cm³/mol. The maximum atomic E-state index is 12.6. The van der Waals surface area contributed by atoms with Crippen LogP contribution in [0, 0.1) is 0 Å². The number of anilines is 1. The second-order valence-corrected chi connectivity index (χ2v) is 7.38. The number of hydrogen-bond acceptors (Lipinski definition) is 6. The molecule has 0 spiro atoms. The Hall–Kier alpha value is -2.30. The summed E-state index contributed by atoms with van der Waals surface area (Å²) in [5.41, 5.74) is 0.637. The lowest BCUT2D eigenvalue weighted by Crippen LogP contribution is -2.15. The highest BCUT2D eigenvalue weighted by atomic mass is 79.9. The number of hydrogen-bond donors (Lipinski definition) is 2. The lowest BCUT2D eigenvalue weighted by Gasteiger charge is -2.16. The fourth-order valence-corrected chi connectivity index (χ4v) is 3.36. The predicted octanol–water partition coefficient (Wildman–Crippen LogP) is 2.37. The Bertz CT molecular complexity index is 929. The van der Waals surface area contributed by atoms with E-state index in [-0.39, 0.29) is 10.5 Å². The van der Waals surface area contributed by atoms with Crippen LogP contribution in [-0.4, -0.2) is 35.7 Å². The van der Waals surface area contributed by atoms with Crippen LogP contribution in [-0.2, 0) is 10.0 Å². The highest BCUT2D eigenvalue weighted by molar-refractivity contribution is 9.10. The molecule has 2 rings (SSSR count). The topological polar surface area (TPSA) is 117 Å². The molecule has 0 aromatic heterocycles. The smallest absolute Gasteiger partial charge is 0.257 e. The van der Waals surface area contributed by atoms with E-state index in [2.05, 4.69) is 21.2 Å². The Morgan fingerprint density at radius 2 is 1.62 bits per heavy atom. The lowest BCUT2D eigenvalue weighted by atomic mass is 10.1. The summed E-state index contributed by atoms with van der Waals surface area (Å²) in [4.78, 5) is 12.6. The van der Waals surface area contributed by atoms with Crippen LogP contribution >= 0.6 is 15.9 Å². The highest BCUT2D eigenvalue weighted by Crippen LogP contribution is 2.44. The van der Waals surface area contributed by atoms with E-state index in [1.54, 1.807) is 0 Å². The van der Waals surface area contributed by atoms with Gasteiger partial charge in [0.2, 0.25) is 15.8 Å². The first kappa shape index (κ1) is 20.0. The van der Waals surface area contributed by atoms with E-state index in [0.29, 0.717) is 27.4 Å². The summed E-state index contributed by atoms with van der Waals surface area (Å²) in [6.45, 7) is 0. The Balaban J connectivity index is 2.38. The van der Waals surface area contributed by atoms with Crippen molar-refractivity contribution in [1.29, 1.82) is 0 Å². The molecule has 0 fully saturated rings. The third-order valence-electron chi connectivity index (χ3n) is 3.45. The van der Waals surface area contributed by atoms with Gasteiger partial charge in [-0.15, -0.1) is 0 Å². The summed E-state index contributed by atoms with van der Waals surface area (Å²) in [5.74, 6) is 0.513. The van der Waals surface area contributed by atoms with Crippen molar-refractivity contribution in [3.05, 3.63) is 40.4 Å². The third-order valence-corrected chi connectivity index (χ3v) is 5.17. The van der Waals surface area contributed by atoms with Crippen LogP contribution in [0.1, 0.15) is 10.4 Å². The zero-order valence-electron chi connectivity index (χ0n) is 14.2. The van der Waals surface area contributed by atoms with Crippen LogP contribution in [0.15, 0.2) is 39.7 Å². The molecule has 2 aromatic rings. The van der Waals surface area contributed by atoms with Crippen molar-refractivity contribution in [2.75, 3.05) is 26.6 Å². The molecule has 0 atom stereocenters. The molecule has 0 aliphatic carbocycles. The minimum Gasteiger partial charge on any atom is -0.493 e. The van der Waals surface area contributed by atoms with E-state index in [0.717, 1.165) is 0 Å². The molecule has 0 heterocycles. The number of nitrogens with two attached hydrogens (primary N) is 1. The van der Waals surface area contributed by atoms with E-state index >= 15 is 0 Å². The van der Waals surface area contributed by atoms with Gasteiger partial charge < -0.3 is 19.5 Å². The summed E-state index contributed by atoms with van der Waals surface area (Å²) in [7, 11) is 0.542. The molecule has 0 aliphatic heterocycles. The average Bonchev–Trinajstić information content (AvgIpc) is 2.60. The quantitative estimate of drug-likeness (QED) is 0.705. The number of amides is 1. The van der Waals surface area contributed by atoms with Gasteiger partial charge in [0.1, 0.15) is 0 Å². The number of benzene rings is 2. The first-order valence-corrected chi connectivity index (χ1v) is 9.49. The Labute approximate surface area is 159 Å². The van der Waals surface area contributed by atoms with Gasteiger partial charge in [-0.3, -0.25) is 4.79 Å². The fraction of sp³-hybridized carbons (Fsp3) is 0.188. The monoisotopic (exact) mass is 444 g/mol. The first-order valence-electron chi connectivity index (χ1n) is 7.15. The normalized spacial score (nSPS) is 11.0. The average molecular weight is 445 g/mol. The number of nitrogens with one attached hydrogen (secondary N) is 1. The first-order chi connectivity index (χ1) is 12.2. The molecular weight excluding hydrogens is 428 g/mol. The molecule has 0 radical (unpaired) electrons. The number of carbonyl (C=O) groups is 1. The molecule has 3 N–H and O–H groups in total. The number of primary sulfonamides is 1. The van der Waals surface area contributed by atoms with Crippen LogP contribution in [0.2, 0.25) is 0 Å². The molecule has 0 unspecified atom stereocenters. The van der Waals surface area contributed by atoms with Crippen molar-refractivity contribution in [3.8, 4) is 17.2 Å². The molecule has 0 bridgehead atoms. The fourth-order valence-electron chi connectivity index (χ4n) is 2.21. The molecule has 140 valence electrons.